The maximum atomic E-state index is 5.86. The predicted molar refractivity (Wildman–Crippen MR) is 70.1 cm³/mol. The molecule has 0 bridgehead atoms. The number of rotatable bonds is 5. The molecule has 0 saturated carbocycles. The van der Waals surface area contributed by atoms with Gasteiger partial charge in [-0.3, -0.25) is 4.90 Å². The highest BCUT2D eigenvalue weighted by molar-refractivity contribution is 5.07. The van der Waals surface area contributed by atoms with E-state index in [1.807, 2.05) is 0 Å². The minimum atomic E-state index is 0.972. The summed E-state index contributed by atoms with van der Waals surface area (Å²) in [6.07, 6.45) is 3.54. The molecule has 0 atom stereocenters. The third kappa shape index (κ3) is 3.86. The minimum Gasteiger partial charge on any atom is -0.465 e. The Kier molecular flexibility index (Phi) is 4.63. The SMILES string of the molecule is CCCCc1ccc(CN2CCN(C)CC2)o1. The zero-order valence-corrected chi connectivity index (χ0v) is 11.1. The van der Waals surface area contributed by atoms with E-state index >= 15 is 0 Å². The van der Waals surface area contributed by atoms with Crippen LogP contribution in [0.1, 0.15) is 31.3 Å². The summed E-state index contributed by atoms with van der Waals surface area (Å²) in [7, 11) is 2.19. The number of piperazine rings is 1. The van der Waals surface area contributed by atoms with Gasteiger partial charge in [-0.05, 0) is 25.6 Å². The first-order chi connectivity index (χ1) is 8.28. The number of aryl methyl sites for hydroxylation is 1. The third-order valence-corrected chi connectivity index (χ3v) is 3.47. The van der Waals surface area contributed by atoms with Crippen LogP contribution in [0.25, 0.3) is 0 Å². The van der Waals surface area contributed by atoms with Gasteiger partial charge in [-0.2, -0.15) is 0 Å². The van der Waals surface area contributed by atoms with Crippen LogP contribution in [0.2, 0.25) is 0 Å². The Morgan fingerprint density at radius 3 is 2.53 bits per heavy atom. The molecular formula is C14H24N2O. The van der Waals surface area contributed by atoms with Crippen molar-refractivity contribution >= 4 is 0 Å². The molecule has 0 N–H and O–H groups in total. The van der Waals surface area contributed by atoms with Gasteiger partial charge in [0.15, 0.2) is 0 Å². The quantitative estimate of drug-likeness (QED) is 0.782. The number of furan rings is 1. The van der Waals surface area contributed by atoms with E-state index in [-0.39, 0.29) is 0 Å². The highest BCUT2D eigenvalue weighted by atomic mass is 16.3. The van der Waals surface area contributed by atoms with E-state index < -0.39 is 0 Å². The van der Waals surface area contributed by atoms with Crippen molar-refractivity contribution in [2.75, 3.05) is 33.2 Å². The van der Waals surface area contributed by atoms with Gasteiger partial charge in [-0.1, -0.05) is 13.3 Å². The monoisotopic (exact) mass is 236 g/mol. The first kappa shape index (κ1) is 12.7. The second kappa shape index (κ2) is 6.22. The van der Waals surface area contributed by atoms with Crippen LogP contribution in [0.5, 0.6) is 0 Å². The van der Waals surface area contributed by atoms with E-state index in [9.17, 15) is 0 Å². The average molecular weight is 236 g/mol. The van der Waals surface area contributed by atoms with Gasteiger partial charge in [0, 0.05) is 32.6 Å². The van der Waals surface area contributed by atoms with Gasteiger partial charge in [0.2, 0.25) is 0 Å². The van der Waals surface area contributed by atoms with Crippen LogP contribution in [0.4, 0.5) is 0 Å². The highest BCUT2D eigenvalue weighted by Crippen LogP contribution is 2.14. The molecule has 1 aliphatic heterocycles. The van der Waals surface area contributed by atoms with Gasteiger partial charge in [0.05, 0.1) is 6.54 Å². The van der Waals surface area contributed by atoms with Crippen molar-refractivity contribution < 1.29 is 4.42 Å². The van der Waals surface area contributed by atoms with Crippen LogP contribution in [0.15, 0.2) is 16.5 Å². The van der Waals surface area contributed by atoms with Gasteiger partial charge < -0.3 is 9.32 Å². The largest absolute Gasteiger partial charge is 0.465 e. The van der Waals surface area contributed by atoms with Crippen molar-refractivity contribution in [3.63, 3.8) is 0 Å². The minimum absolute atomic E-state index is 0.972. The zero-order valence-electron chi connectivity index (χ0n) is 11.1. The smallest absolute Gasteiger partial charge is 0.118 e. The fourth-order valence-corrected chi connectivity index (χ4v) is 2.22. The summed E-state index contributed by atoms with van der Waals surface area (Å²) < 4.78 is 5.86. The van der Waals surface area contributed by atoms with Crippen LogP contribution in [-0.4, -0.2) is 43.0 Å². The second-order valence-electron chi connectivity index (χ2n) is 5.05. The van der Waals surface area contributed by atoms with Gasteiger partial charge in [0.25, 0.3) is 0 Å². The lowest BCUT2D eigenvalue weighted by Gasteiger charge is -2.31. The lowest BCUT2D eigenvalue weighted by atomic mass is 10.2. The van der Waals surface area contributed by atoms with E-state index in [0.29, 0.717) is 0 Å². The molecule has 3 nitrogen and oxygen atoms in total. The van der Waals surface area contributed by atoms with E-state index in [0.717, 1.165) is 37.6 Å². The molecule has 0 amide bonds. The van der Waals surface area contributed by atoms with Crippen LogP contribution in [0, 0.1) is 0 Å². The molecule has 2 heterocycles. The molecule has 17 heavy (non-hydrogen) atoms. The average Bonchev–Trinajstić information content (AvgIpc) is 2.77. The normalized spacial score (nSPS) is 18.7. The third-order valence-electron chi connectivity index (χ3n) is 3.47. The maximum Gasteiger partial charge on any atom is 0.118 e. The van der Waals surface area contributed by atoms with Gasteiger partial charge in [-0.25, -0.2) is 0 Å². The van der Waals surface area contributed by atoms with E-state index in [1.165, 1.54) is 25.9 Å². The molecule has 0 spiro atoms. The van der Waals surface area contributed by atoms with Gasteiger partial charge in [0.1, 0.15) is 11.5 Å². The molecule has 1 aliphatic rings. The van der Waals surface area contributed by atoms with Crippen molar-refractivity contribution in [3.05, 3.63) is 23.7 Å². The maximum absolute atomic E-state index is 5.86. The van der Waals surface area contributed by atoms with E-state index in [4.69, 9.17) is 4.42 Å². The standard InChI is InChI=1S/C14H24N2O/c1-3-4-5-13-6-7-14(17-13)12-16-10-8-15(2)9-11-16/h6-7H,3-5,8-12H2,1-2H3. The molecular weight excluding hydrogens is 212 g/mol. The lowest BCUT2D eigenvalue weighted by molar-refractivity contribution is 0.139. The number of hydrogen-bond acceptors (Lipinski definition) is 3. The fourth-order valence-electron chi connectivity index (χ4n) is 2.22. The Labute approximate surface area is 104 Å². The molecule has 96 valence electrons. The van der Waals surface area contributed by atoms with Crippen LogP contribution in [0.3, 0.4) is 0 Å². The number of hydrogen-bond donors (Lipinski definition) is 0. The Morgan fingerprint density at radius 2 is 1.82 bits per heavy atom. The Morgan fingerprint density at radius 1 is 1.12 bits per heavy atom. The molecule has 0 unspecified atom stereocenters. The summed E-state index contributed by atoms with van der Waals surface area (Å²) in [5, 5.41) is 0. The lowest BCUT2D eigenvalue weighted by Crippen LogP contribution is -2.43. The van der Waals surface area contributed by atoms with E-state index in [1.54, 1.807) is 0 Å². The van der Waals surface area contributed by atoms with Crippen molar-refractivity contribution in [2.45, 2.75) is 32.7 Å². The summed E-state index contributed by atoms with van der Waals surface area (Å²) in [6.45, 7) is 7.84. The van der Waals surface area contributed by atoms with Crippen LogP contribution < -0.4 is 0 Å². The van der Waals surface area contributed by atoms with Crippen molar-refractivity contribution in [3.8, 4) is 0 Å². The molecule has 0 aliphatic carbocycles. The first-order valence-electron chi connectivity index (χ1n) is 6.76. The summed E-state index contributed by atoms with van der Waals surface area (Å²) >= 11 is 0. The number of likely N-dealkylation sites (N-methyl/N-ethyl adjacent to an activating group) is 1. The van der Waals surface area contributed by atoms with Crippen molar-refractivity contribution in [1.82, 2.24) is 9.80 Å². The molecule has 1 aromatic rings. The van der Waals surface area contributed by atoms with Crippen molar-refractivity contribution in [1.29, 1.82) is 0 Å². The first-order valence-corrected chi connectivity index (χ1v) is 6.76. The fraction of sp³-hybridized carbons (Fsp3) is 0.714. The molecule has 3 heteroatoms. The summed E-state index contributed by atoms with van der Waals surface area (Å²) in [5.74, 6) is 2.27. The summed E-state index contributed by atoms with van der Waals surface area (Å²) in [5.41, 5.74) is 0. The molecule has 0 aromatic carbocycles. The molecule has 1 saturated heterocycles. The zero-order chi connectivity index (χ0) is 12.1. The van der Waals surface area contributed by atoms with Crippen LogP contribution in [-0.2, 0) is 13.0 Å². The number of unbranched alkanes of at least 4 members (excludes halogenated alkanes) is 1. The molecule has 1 aromatic heterocycles. The van der Waals surface area contributed by atoms with Gasteiger partial charge >= 0.3 is 0 Å². The Hall–Kier alpha value is -0.800. The predicted octanol–water partition coefficient (Wildman–Crippen LogP) is 2.37. The molecule has 0 radical (unpaired) electrons. The van der Waals surface area contributed by atoms with Gasteiger partial charge in [-0.15, -0.1) is 0 Å². The summed E-state index contributed by atoms with van der Waals surface area (Å²) in [4.78, 5) is 4.85. The summed E-state index contributed by atoms with van der Waals surface area (Å²) in [6, 6.07) is 4.28. The second-order valence-corrected chi connectivity index (χ2v) is 5.05. The Bertz CT molecular complexity index is 327. The van der Waals surface area contributed by atoms with Crippen LogP contribution >= 0.6 is 0 Å². The Balaban J connectivity index is 1.80. The molecule has 1 fully saturated rings. The topological polar surface area (TPSA) is 19.6 Å². The highest BCUT2D eigenvalue weighted by Gasteiger charge is 2.15. The molecule has 2 rings (SSSR count). The number of nitrogens with zero attached hydrogens (tertiary/aromatic N) is 2. The van der Waals surface area contributed by atoms with Crippen molar-refractivity contribution in [2.24, 2.45) is 0 Å². The van der Waals surface area contributed by atoms with E-state index in [2.05, 4.69) is 35.9 Å².